The standard InChI is InChI=1S/C9H17N/c1-10(2)8-9-6-4-3-5-7-9/h6H,3-5,7-8H2,1-2H3. The summed E-state index contributed by atoms with van der Waals surface area (Å²) in [5.74, 6) is 0. The monoisotopic (exact) mass is 139 g/mol. The van der Waals surface area contributed by atoms with E-state index in [1.165, 1.54) is 32.2 Å². The van der Waals surface area contributed by atoms with Gasteiger partial charge in [-0.15, -0.1) is 0 Å². The highest BCUT2D eigenvalue weighted by molar-refractivity contribution is 5.06. The molecular formula is C9H17N. The van der Waals surface area contributed by atoms with Crippen LogP contribution in [0.5, 0.6) is 0 Å². The second kappa shape index (κ2) is 3.77. The molecule has 0 aromatic carbocycles. The van der Waals surface area contributed by atoms with Gasteiger partial charge in [0.05, 0.1) is 0 Å². The maximum atomic E-state index is 2.41. The molecule has 1 aliphatic carbocycles. The van der Waals surface area contributed by atoms with Gasteiger partial charge in [0.2, 0.25) is 0 Å². The van der Waals surface area contributed by atoms with E-state index >= 15 is 0 Å². The Kier molecular flexibility index (Phi) is 2.94. The van der Waals surface area contributed by atoms with Crippen LogP contribution in [0.25, 0.3) is 0 Å². The van der Waals surface area contributed by atoms with Crippen LogP contribution in [-0.4, -0.2) is 25.5 Å². The second-order valence-electron chi connectivity index (χ2n) is 3.35. The van der Waals surface area contributed by atoms with Gasteiger partial charge >= 0.3 is 0 Å². The minimum Gasteiger partial charge on any atom is -0.305 e. The van der Waals surface area contributed by atoms with Gasteiger partial charge in [0.25, 0.3) is 0 Å². The van der Waals surface area contributed by atoms with E-state index in [-0.39, 0.29) is 0 Å². The Hall–Kier alpha value is -0.300. The topological polar surface area (TPSA) is 3.24 Å². The maximum absolute atomic E-state index is 2.41. The van der Waals surface area contributed by atoms with Crippen LogP contribution in [-0.2, 0) is 0 Å². The molecule has 0 fully saturated rings. The van der Waals surface area contributed by atoms with Gasteiger partial charge in [0, 0.05) is 6.54 Å². The molecule has 0 aromatic heterocycles. The van der Waals surface area contributed by atoms with Gasteiger partial charge in [-0.2, -0.15) is 0 Å². The van der Waals surface area contributed by atoms with Gasteiger partial charge in [0.1, 0.15) is 0 Å². The van der Waals surface area contributed by atoms with E-state index in [1.807, 2.05) is 0 Å². The van der Waals surface area contributed by atoms with E-state index < -0.39 is 0 Å². The first kappa shape index (κ1) is 7.80. The van der Waals surface area contributed by atoms with Gasteiger partial charge in [-0.05, 0) is 39.8 Å². The van der Waals surface area contributed by atoms with Crippen LogP contribution in [0.4, 0.5) is 0 Å². The fourth-order valence-corrected chi connectivity index (χ4v) is 1.45. The summed E-state index contributed by atoms with van der Waals surface area (Å²) in [5.41, 5.74) is 1.64. The number of hydrogen-bond acceptors (Lipinski definition) is 1. The lowest BCUT2D eigenvalue weighted by Crippen LogP contribution is -2.16. The van der Waals surface area contributed by atoms with Crippen molar-refractivity contribution in [3.05, 3.63) is 11.6 Å². The minimum absolute atomic E-state index is 1.17. The summed E-state index contributed by atoms with van der Waals surface area (Å²) in [6.45, 7) is 1.17. The summed E-state index contributed by atoms with van der Waals surface area (Å²) >= 11 is 0. The first-order chi connectivity index (χ1) is 4.79. The summed E-state index contributed by atoms with van der Waals surface area (Å²) in [5, 5.41) is 0. The molecule has 0 saturated heterocycles. The molecule has 0 saturated carbocycles. The SMILES string of the molecule is CN(C)CC1=CCCCC1. The molecule has 58 valence electrons. The van der Waals surface area contributed by atoms with Crippen molar-refractivity contribution in [1.82, 2.24) is 4.90 Å². The number of allylic oxidation sites excluding steroid dienone is 1. The maximum Gasteiger partial charge on any atom is 0.0186 e. The molecule has 1 aliphatic rings. The summed E-state index contributed by atoms with van der Waals surface area (Å²) in [6, 6.07) is 0. The molecule has 0 heterocycles. The van der Waals surface area contributed by atoms with Crippen LogP contribution in [0.2, 0.25) is 0 Å². The van der Waals surface area contributed by atoms with Crippen LogP contribution >= 0.6 is 0 Å². The van der Waals surface area contributed by atoms with E-state index in [0.717, 1.165) is 0 Å². The number of likely N-dealkylation sites (N-methyl/N-ethyl adjacent to an activating group) is 1. The molecular weight excluding hydrogens is 122 g/mol. The van der Waals surface area contributed by atoms with Crippen molar-refractivity contribution in [2.24, 2.45) is 0 Å². The highest BCUT2D eigenvalue weighted by atomic mass is 15.0. The highest BCUT2D eigenvalue weighted by Gasteiger charge is 2.03. The Bertz CT molecular complexity index is 125. The minimum atomic E-state index is 1.17. The van der Waals surface area contributed by atoms with Crippen LogP contribution in [0.3, 0.4) is 0 Å². The molecule has 0 radical (unpaired) electrons. The molecule has 1 heteroatoms. The quantitative estimate of drug-likeness (QED) is 0.529. The molecule has 0 unspecified atom stereocenters. The Labute approximate surface area is 63.7 Å². The van der Waals surface area contributed by atoms with Crippen molar-refractivity contribution in [1.29, 1.82) is 0 Å². The predicted molar refractivity (Wildman–Crippen MR) is 45.1 cm³/mol. The zero-order chi connectivity index (χ0) is 7.40. The van der Waals surface area contributed by atoms with Crippen molar-refractivity contribution in [2.45, 2.75) is 25.7 Å². The summed E-state index contributed by atoms with van der Waals surface area (Å²) in [4.78, 5) is 2.25. The van der Waals surface area contributed by atoms with E-state index in [2.05, 4.69) is 25.1 Å². The number of hydrogen-bond donors (Lipinski definition) is 0. The molecule has 1 nitrogen and oxygen atoms in total. The Morgan fingerprint density at radius 3 is 2.70 bits per heavy atom. The molecule has 0 bridgehead atoms. The molecule has 0 aliphatic heterocycles. The van der Waals surface area contributed by atoms with Crippen LogP contribution in [0.15, 0.2) is 11.6 Å². The summed E-state index contributed by atoms with van der Waals surface area (Å²) in [7, 11) is 4.27. The third kappa shape index (κ3) is 2.53. The lowest BCUT2D eigenvalue weighted by atomic mass is 9.99. The molecule has 0 atom stereocenters. The predicted octanol–water partition coefficient (Wildman–Crippen LogP) is 2.05. The van der Waals surface area contributed by atoms with Crippen molar-refractivity contribution < 1.29 is 0 Å². The van der Waals surface area contributed by atoms with E-state index in [4.69, 9.17) is 0 Å². The normalized spacial score (nSPS) is 19.3. The van der Waals surface area contributed by atoms with Gasteiger partial charge in [-0.1, -0.05) is 11.6 Å². The Balaban J connectivity index is 2.31. The smallest absolute Gasteiger partial charge is 0.0186 e. The molecule has 10 heavy (non-hydrogen) atoms. The average Bonchev–Trinajstić information content (AvgIpc) is 1.88. The molecule has 0 aromatic rings. The Morgan fingerprint density at radius 2 is 2.20 bits per heavy atom. The lowest BCUT2D eigenvalue weighted by Gasteiger charge is -2.16. The number of rotatable bonds is 2. The van der Waals surface area contributed by atoms with Gasteiger partial charge in [-0.3, -0.25) is 0 Å². The lowest BCUT2D eigenvalue weighted by molar-refractivity contribution is 0.432. The van der Waals surface area contributed by atoms with Crippen LogP contribution < -0.4 is 0 Å². The summed E-state index contributed by atoms with van der Waals surface area (Å²) in [6.07, 6.45) is 7.85. The largest absolute Gasteiger partial charge is 0.305 e. The average molecular weight is 139 g/mol. The zero-order valence-corrected chi connectivity index (χ0v) is 7.06. The highest BCUT2D eigenvalue weighted by Crippen LogP contribution is 2.17. The van der Waals surface area contributed by atoms with Gasteiger partial charge in [0.15, 0.2) is 0 Å². The third-order valence-electron chi connectivity index (χ3n) is 1.90. The van der Waals surface area contributed by atoms with Crippen LogP contribution in [0.1, 0.15) is 25.7 Å². The first-order valence-corrected chi connectivity index (χ1v) is 4.11. The molecule has 0 spiro atoms. The van der Waals surface area contributed by atoms with Crippen molar-refractivity contribution in [2.75, 3.05) is 20.6 Å². The third-order valence-corrected chi connectivity index (χ3v) is 1.90. The fourth-order valence-electron chi connectivity index (χ4n) is 1.45. The van der Waals surface area contributed by atoms with Gasteiger partial charge in [-0.25, -0.2) is 0 Å². The molecule has 1 rings (SSSR count). The molecule has 0 amide bonds. The fraction of sp³-hybridized carbons (Fsp3) is 0.778. The Morgan fingerprint density at radius 1 is 1.40 bits per heavy atom. The van der Waals surface area contributed by atoms with Crippen molar-refractivity contribution in [3.8, 4) is 0 Å². The number of nitrogens with zero attached hydrogens (tertiary/aromatic N) is 1. The van der Waals surface area contributed by atoms with Gasteiger partial charge < -0.3 is 4.90 Å². The second-order valence-corrected chi connectivity index (χ2v) is 3.35. The molecule has 0 N–H and O–H groups in total. The van der Waals surface area contributed by atoms with Crippen LogP contribution in [0, 0.1) is 0 Å². The van der Waals surface area contributed by atoms with E-state index in [1.54, 1.807) is 5.57 Å². The summed E-state index contributed by atoms with van der Waals surface area (Å²) < 4.78 is 0. The van der Waals surface area contributed by atoms with Crippen molar-refractivity contribution >= 4 is 0 Å². The van der Waals surface area contributed by atoms with Crippen molar-refractivity contribution in [3.63, 3.8) is 0 Å². The van der Waals surface area contributed by atoms with E-state index in [0.29, 0.717) is 0 Å². The zero-order valence-electron chi connectivity index (χ0n) is 7.06. The van der Waals surface area contributed by atoms with E-state index in [9.17, 15) is 0 Å². The first-order valence-electron chi connectivity index (χ1n) is 4.11.